The fourth-order valence-electron chi connectivity index (χ4n) is 1.98. The Morgan fingerprint density at radius 1 is 1.33 bits per heavy atom. The van der Waals surface area contributed by atoms with Crippen molar-refractivity contribution in [1.82, 2.24) is 4.57 Å². The van der Waals surface area contributed by atoms with Crippen molar-refractivity contribution in [1.29, 1.82) is 0 Å². The van der Waals surface area contributed by atoms with Crippen molar-refractivity contribution < 1.29 is 14.6 Å². The Balaban J connectivity index is 2.57. The van der Waals surface area contributed by atoms with Gasteiger partial charge in [0, 0.05) is 24.0 Å². The highest BCUT2D eigenvalue weighted by molar-refractivity contribution is 5.91. The molecule has 0 fully saturated rings. The van der Waals surface area contributed by atoms with Crippen molar-refractivity contribution in [3.63, 3.8) is 0 Å². The Kier molecular flexibility index (Phi) is 3.10. The van der Waals surface area contributed by atoms with Crippen molar-refractivity contribution in [3.8, 4) is 17.0 Å². The van der Waals surface area contributed by atoms with Crippen LogP contribution in [0.3, 0.4) is 0 Å². The van der Waals surface area contributed by atoms with Crippen molar-refractivity contribution in [2.24, 2.45) is 7.05 Å². The third-order valence-corrected chi connectivity index (χ3v) is 3.13. The minimum atomic E-state index is -0.905. The molecule has 18 heavy (non-hydrogen) atoms. The summed E-state index contributed by atoms with van der Waals surface area (Å²) in [6.45, 7) is 1.80. The van der Waals surface area contributed by atoms with Crippen LogP contribution in [0.15, 0.2) is 30.3 Å². The summed E-state index contributed by atoms with van der Waals surface area (Å²) in [6, 6.07) is 9.25. The van der Waals surface area contributed by atoms with E-state index >= 15 is 0 Å². The predicted octanol–water partition coefficient (Wildman–Crippen LogP) is 2.71. The van der Waals surface area contributed by atoms with E-state index in [-0.39, 0.29) is 0 Å². The second kappa shape index (κ2) is 4.56. The van der Waals surface area contributed by atoms with Gasteiger partial charge in [-0.1, -0.05) is 12.1 Å². The third kappa shape index (κ3) is 1.97. The Bertz CT molecular complexity index is 599. The van der Waals surface area contributed by atoms with E-state index in [0.717, 1.165) is 22.7 Å². The van der Waals surface area contributed by atoms with Crippen LogP contribution in [0.5, 0.6) is 5.75 Å². The highest BCUT2D eigenvalue weighted by Crippen LogP contribution is 2.27. The maximum Gasteiger partial charge on any atom is 0.337 e. The predicted molar refractivity (Wildman–Crippen MR) is 69.1 cm³/mol. The van der Waals surface area contributed by atoms with Gasteiger partial charge in [0.05, 0.1) is 12.7 Å². The van der Waals surface area contributed by atoms with Crippen LogP contribution in [0.1, 0.15) is 16.1 Å². The quantitative estimate of drug-likeness (QED) is 0.904. The summed E-state index contributed by atoms with van der Waals surface area (Å²) in [6.07, 6.45) is 0. The van der Waals surface area contributed by atoms with Crippen LogP contribution in [0.2, 0.25) is 0 Å². The lowest BCUT2D eigenvalue weighted by Crippen LogP contribution is -1.99. The van der Waals surface area contributed by atoms with E-state index in [0.29, 0.717) is 5.56 Å². The number of carboxylic acid groups (broad SMARTS) is 1. The highest BCUT2D eigenvalue weighted by Gasteiger charge is 2.15. The van der Waals surface area contributed by atoms with Crippen LogP contribution in [-0.4, -0.2) is 22.8 Å². The van der Waals surface area contributed by atoms with E-state index in [2.05, 4.69) is 0 Å². The second-order valence-corrected chi connectivity index (χ2v) is 4.12. The zero-order valence-corrected chi connectivity index (χ0v) is 10.6. The number of ether oxygens (including phenoxy) is 1. The van der Waals surface area contributed by atoms with Crippen molar-refractivity contribution in [2.75, 3.05) is 7.11 Å². The number of aromatic nitrogens is 1. The number of hydrogen-bond donors (Lipinski definition) is 1. The molecular formula is C14H15NO3. The maximum atomic E-state index is 11.1. The molecule has 2 aromatic rings. The number of methoxy groups -OCH3 is 1. The number of hydrogen-bond acceptors (Lipinski definition) is 2. The molecule has 1 N–H and O–H groups in total. The van der Waals surface area contributed by atoms with Crippen LogP contribution >= 0.6 is 0 Å². The molecule has 0 atom stereocenters. The number of aromatic carboxylic acids is 1. The first kappa shape index (κ1) is 12.2. The third-order valence-electron chi connectivity index (χ3n) is 3.13. The van der Waals surface area contributed by atoms with Gasteiger partial charge in [-0.05, 0) is 25.1 Å². The standard InChI is InChI=1S/C14H15NO3/c1-9-12(14(16)17)8-13(15(9)2)10-5-4-6-11(7-10)18-3/h4-8H,1-3H3,(H,16,17). The first-order chi connectivity index (χ1) is 8.54. The Hall–Kier alpha value is -2.23. The van der Waals surface area contributed by atoms with Crippen LogP contribution < -0.4 is 4.74 Å². The lowest BCUT2D eigenvalue weighted by Gasteiger charge is -2.07. The molecule has 0 aliphatic carbocycles. The first-order valence-electron chi connectivity index (χ1n) is 5.58. The van der Waals surface area contributed by atoms with E-state index in [9.17, 15) is 4.79 Å². The van der Waals surface area contributed by atoms with Gasteiger partial charge in [-0.2, -0.15) is 0 Å². The molecule has 0 spiro atoms. The highest BCUT2D eigenvalue weighted by atomic mass is 16.5. The SMILES string of the molecule is COc1cccc(-c2cc(C(=O)O)c(C)n2C)c1. The Morgan fingerprint density at radius 3 is 2.61 bits per heavy atom. The van der Waals surface area contributed by atoms with Gasteiger partial charge in [0.15, 0.2) is 0 Å². The average Bonchev–Trinajstić information content (AvgIpc) is 2.67. The van der Waals surface area contributed by atoms with E-state index in [1.165, 1.54) is 0 Å². The molecule has 1 aromatic carbocycles. The zero-order chi connectivity index (χ0) is 13.3. The van der Waals surface area contributed by atoms with Crippen LogP contribution in [0.4, 0.5) is 0 Å². The minimum absolute atomic E-state index is 0.329. The van der Waals surface area contributed by atoms with Gasteiger partial charge in [-0.3, -0.25) is 0 Å². The molecule has 0 radical (unpaired) electrons. The first-order valence-corrected chi connectivity index (χ1v) is 5.58. The molecule has 0 bridgehead atoms. The average molecular weight is 245 g/mol. The fourth-order valence-corrected chi connectivity index (χ4v) is 1.98. The molecule has 4 heteroatoms. The molecule has 2 rings (SSSR count). The summed E-state index contributed by atoms with van der Waals surface area (Å²) in [4.78, 5) is 11.1. The lowest BCUT2D eigenvalue weighted by molar-refractivity contribution is 0.0696. The van der Waals surface area contributed by atoms with E-state index in [1.807, 2.05) is 35.9 Å². The molecule has 0 aliphatic rings. The smallest absolute Gasteiger partial charge is 0.337 e. The fraction of sp³-hybridized carbons (Fsp3) is 0.214. The number of carbonyl (C=O) groups is 1. The summed E-state index contributed by atoms with van der Waals surface area (Å²) >= 11 is 0. The van der Waals surface area contributed by atoms with Crippen LogP contribution in [0, 0.1) is 6.92 Å². The molecule has 0 unspecified atom stereocenters. The van der Waals surface area contributed by atoms with Gasteiger partial charge in [-0.15, -0.1) is 0 Å². The summed E-state index contributed by atoms with van der Waals surface area (Å²) < 4.78 is 7.05. The van der Waals surface area contributed by atoms with Gasteiger partial charge < -0.3 is 14.4 Å². The van der Waals surface area contributed by atoms with Crippen molar-refractivity contribution in [2.45, 2.75) is 6.92 Å². The van der Waals surface area contributed by atoms with Crippen molar-refractivity contribution in [3.05, 3.63) is 41.6 Å². The van der Waals surface area contributed by atoms with Gasteiger partial charge in [0.2, 0.25) is 0 Å². The van der Waals surface area contributed by atoms with E-state index in [4.69, 9.17) is 9.84 Å². The van der Waals surface area contributed by atoms with Crippen LogP contribution in [-0.2, 0) is 7.05 Å². The van der Waals surface area contributed by atoms with Crippen molar-refractivity contribution >= 4 is 5.97 Å². The second-order valence-electron chi connectivity index (χ2n) is 4.12. The molecule has 1 aromatic heterocycles. The topological polar surface area (TPSA) is 51.5 Å². The molecule has 0 saturated carbocycles. The maximum absolute atomic E-state index is 11.1. The lowest BCUT2D eigenvalue weighted by atomic mass is 10.1. The van der Waals surface area contributed by atoms with Crippen LogP contribution in [0.25, 0.3) is 11.3 Å². The normalized spacial score (nSPS) is 10.4. The Labute approximate surface area is 105 Å². The number of carboxylic acids is 1. The molecule has 0 amide bonds. The number of benzene rings is 1. The van der Waals surface area contributed by atoms with Gasteiger partial charge in [0.1, 0.15) is 5.75 Å². The van der Waals surface area contributed by atoms with E-state index < -0.39 is 5.97 Å². The molecule has 1 heterocycles. The monoisotopic (exact) mass is 245 g/mol. The van der Waals surface area contributed by atoms with Gasteiger partial charge in [-0.25, -0.2) is 4.79 Å². The van der Waals surface area contributed by atoms with Gasteiger partial charge in [0.25, 0.3) is 0 Å². The molecular weight excluding hydrogens is 230 g/mol. The number of rotatable bonds is 3. The summed E-state index contributed by atoms with van der Waals surface area (Å²) in [7, 11) is 3.47. The summed E-state index contributed by atoms with van der Waals surface area (Å²) in [5.74, 6) is -0.152. The molecule has 4 nitrogen and oxygen atoms in total. The van der Waals surface area contributed by atoms with E-state index in [1.54, 1.807) is 20.1 Å². The Morgan fingerprint density at radius 2 is 2.06 bits per heavy atom. The summed E-state index contributed by atoms with van der Waals surface area (Å²) in [5, 5.41) is 9.11. The molecule has 94 valence electrons. The van der Waals surface area contributed by atoms with Gasteiger partial charge >= 0.3 is 5.97 Å². The molecule has 0 saturated heterocycles. The largest absolute Gasteiger partial charge is 0.497 e. The number of nitrogens with zero attached hydrogens (tertiary/aromatic N) is 1. The molecule has 0 aliphatic heterocycles. The summed E-state index contributed by atoms with van der Waals surface area (Å²) in [5.41, 5.74) is 2.87. The minimum Gasteiger partial charge on any atom is -0.497 e. The zero-order valence-electron chi connectivity index (χ0n) is 10.6.